The first-order valence-corrected chi connectivity index (χ1v) is 9.96. The van der Waals surface area contributed by atoms with E-state index < -0.39 is 0 Å². The van der Waals surface area contributed by atoms with Gasteiger partial charge in [0, 0.05) is 50.7 Å². The molecule has 2 N–H and O–H groups in total. The van der Waals surface area contributed by atoms with Crippen LogP contribution in [0.5, 0.6) is 0 Å². The second-order valence-corrected chi connectivity index (χ2v) is 8.28. The van der Waals surface area contributed by atoms with E-state index in [4.69, 9.17) is 0 Å². The van der Waals surface area contributed by atoms with Crippen LogP contribution in [0.4, 0.5) is 0 Å². The molecule has 1 heterocycles. The van der Waals surface area contributed by atoms with Crippen LogP contribution < -0.4 is 10.6 Å². The van der Waals surface area contributed by atoms with Gasteiger partial charge in [0.15, 0.2) is 5.96 Å². The van der Waals surface area contributed by atoms with Gasteiger partial charge in [0.25, 0.3) is 0 Å². The van der Waals surface area contributed by atoms with Crippen LogP contribution in [0, 0.1) is 5.92 Å². The number of amides is 1. The topological polar surface area (TPSA) is 60.0 Å². The lowest BCUT2D eigenvalue weighted by Gasteiger charge is -2.35. The molecule has 1 aliphatic carbocycles. The zero-order valence-electron chi connectivity index (χ0n) is 17.0. The number of nitrogens with one attached hydrogen (secondary N) is 2. The van der Waals surface area contributed by atoms with Crippen LogP contribution in [0.3, 0.4) is 0 Å². The van der Waals surface area contributed by atoms with E-state index in [0.717, 1.165) is 64.6 Å². The van der Waals surface area contributed by atoms with Gasteiger partial charge in [0.05, 0.1) is 6.54 Å². The molecule has 0 aromatic heterocycles. The normalized spacial score (nSPS) is 20.0. The van der Waals surface area contributed by atoms with Gasteiger partial charge in [-0.3, -0.25) is 14.7 Å². The lowest BCUT2D eigenvalue weighted by Crippen LogP contribution is -2.51. The number of carbonyl (C=O) groups is 1. The summed E-state index contributed by atoms with van der Waals surface area (Å²) >= 11 is 0. The number of aliphatic imine (C=N–C) groups is 1. The number of hydrogen-bond acceptors (Lipinski definition) is 3. The molecule has 1 saturated heterocycles. The maximum atomic E-state index is 12.5. The Kier molecular flexibility index (Phi) is 10.2. The number of guanidine groups is 1. The molecule has 26 heavy (non-hydrogen) atoms. The summed E-state index contributed by atoms with van der Waals surface area (Å²) in [7, 11) is 0. The van der Waals surface area contributed by atoms with Gasteiger partial charge in [-0.2, -0.15) is 0 Å². The van der Waals surface area contributed by atoms with Gasteiger partial charge in [0.2, 0.25) is 5.91 Å². The van der Waals surface area contributed by atoms with Crippen molar-refractivity contribution in [1.29, 1.82) is 0 Å². The van der Waals surface area contributed by atoms with Crippen molar-refractivity contribution in [2.45, 2.75) is 58.9 Å². The second-order valence-electron chi connectivity index (χ2n) is 8.28. The largest absolute Gasteiger partial charge is 0.357 e. The minimum atomic E-state index is 0. The van der Waals surface area contributed by atoms with Crippen molar-refractivity contribution < 1.29 is 4.79 Å². The van der Waals surface area contributed by atoms with Crippen molar-refractivity contribution in [3.63, 3.8) is 0 Å². The van der Waals surface area contributed by atoms with Crippen LogP contribution in [0.25, 0.3) is 0 Å². The third-order valence-electron chi connectivity index (χ3n) is 4.91. The van der Waals surface area contributed by atoms with Crippen molar-refractivity contribution in [1.82, 2.24) is 20.4 Å². The van der Waals surface area contributed by atoms with E-state index in [1.165, 1.54) is 12.8 Å². The van der Waals surface area contributed by atoms with Gasteiger partial charge in [-0.05, 0) is 40.5 Å². The summed E-state index contributed by atoms with van der Waals surface area (Å²) in [4.78, 5) is 21.7. The first-order valence-electron chi connectivity index (χ1n) is 9.96. The van der Waals surface area contributed by atoms with Crippen molar-refractivity contribution in [2.24, 2.45) is 10.9 Å². The molecule has 7 heteroatoms. The Labute approximate surface area is 176 Å². The fraction of sp³-hybridized carbons (Fsp3) is 0.895. The summed E-state index contributed by atoms with van der Waals surface area (Å²) < 4.78 is 0. The molecule has 1 amide bonds. The number of rotatable bonds is 5. The number of piperazine rings is 1. The molecule has 0 radical (unpaired) electrons. The van der Waals surface area contributed by atoms with E-state index in [-0.39, 0.29) is 29.5 Å². The fourth-order valence-corrected chi connectivity index (χ4v) is 3.59. The monoisotopic (exact) mass is 479 g/mol. The molecule has 0 bridgehead atoms. The standard InChI is InChI=1S/C19H37N5O.HI/c1-5-20-18(22-19(2,3)4)21-10-11-23-12-14-24(15-13-23)17(25)16-8-6-7-9-16;/h16H,5-15H2,1-4H3,(H2,20,21,22);1H. The van der Waals surface area contributed by atoms with Gasteiger partial charge >= 0.3 is 0 Å². The van der Waals surface area contributed by atoms with Crippen LogP contribution in [0.15, 0.2) is 4.99 Å². The number of nitrogens with zero attached hydrogens (tertiary/aromatic N) is 3. The van der Waals surface area contributed by atoms with Gasteiger partial charge in [0.1, 0.15) is 0 Å². The highest BCUT2D eigenvalue weighted by molar-refractivity contribution is 14.0. The van der Waals surface area contributed by atoms with E-state index in [1.807, 2.05) is 0 Å². The average molecular weight is 479 g/mol. The van der Waals surface area contributed by atoms with Crippen LogP contribution in [0.2, 0.25) is 0 Å². The Morgan fingerprint density at radius 2 is 1.73 bits per heavy atom. The Balaban J connectivity index is 0.00000338. The molecule has 1 saturated carbocycles. The van der Waals surface area contributed by atoms with Gasteiger partial charge < -0.3 is 15.5 Å². The molecule has 2 fully saturated rings. The van der Waals surface area contributed by atoms with E-state index >= 15 is 0 Å². The van der Waals surface area contributed by atoms with Crippen LogP contribution in [-0.4, -0.2) is 73.0 Å². The molecular formula is C19H38IN5O. The third-order valence-corrected chi connectivity index (χ3v) is 4.91. The van der Waals surface area contributed by atoms with E-state index in [9.17, 15) is 4.79 Å². The zero-order valence-corrected chi connectivity index (χ0v) is 19.3. The van der Waals surface area contributed by atoms with Crippen molar-refractivity contribution in [3.8, 4) is 0 Å². The molecular weight excluding hydrogens is 441 g/mol. The summed E-state index contributed by atoms with van der Waals surface area (Å²) in [5.74, 6) is 1.59. The van der Waals surface area contributed by atoms with Crippen LogP contribution in [-0.2, 0) is 4.79 Å². The highest BCUT2D eigenvalue weighted by Gasteiger charge is 2.29. The van der Waals surface area contributed by atoms with Crippen LogP contribution in [0.1, 0.15) is 53.4 Å². The molecule has 0 atom stereocenters. The number of hydrogen-bond donors (Lipinski definition) is 2. The molecule has 0 spiro atoms. The number of carbonyl (C=O) groups excluding carboxylic acids is 1. The molecule has 2 aliphatic rings. The van der Waals surface area contributed by atoms with Crippen molar-refractivity contribution in [3.05, 3.63) is 0 Å². The second kappa shape index (κ2) is 11.3. The molecule has 0 aromatic rings. The molecule has 6 nitrogen and oxygen atoms in total. The molecule has 0 aromatic carbocycles. The Bertz CT molecular complexity index is 449. The predicted octanol–water partition coefficient (Wildman–Crippen LogP) is 2.29. The van der Waals surface area contributed by atoms with Crippen molar-refractivity contribution >= 4 is 35.8 Å². The molecule has 0 unspecified atom stereocenters. The smallest absolute Gasteiger partial charge is 0.225 e. The van der Waals surface area contributed by atoms with E-state index in [2.05, 4.69) is 53.1 Å². The molecule has 1 aliphatic heterocycles. The Hall–Kier alpha value is -0.570. The van der Waals surface area contributed by atoms with Crippen LogP contribution >= 0.6 is 24.0 Å². The summed E-state index contributed by atoms with van der Waals surface area (Å²) in [6.07, 6.45) is 4.65. The highest BCUT2D eigenvalue weighted by atomic mass is 127. The first kappa shape index (κ1) is 23.5. The zero-order chi connectivity index (χ0) is 18.3. The number of halogens is 1. The third kappa shape index (κ3) is 7.98. The molecule has 152 valence electrons. The van der Waals surface area contributed by atoms with Gasteiger partial charge in [-0.15, -0.1) is 24.0 Å². The predicted molar refractivity (Wildman–Crippen MR) is 119 cm³/mol. The summed E-state index contributed by atoms with van der Waals surface area (Å²) in [5.41, 5.74) is 0.00717. The van der Waals surface area contributed by atoms with Crippen molar-refractivity contribution in [2.75, 3.05) is 45.8 Å². The maximum Gasteiger partial charge on any atom is 0.225 e. The lowest BCUT2D eigenvalue weighted by molar-refractivity contribution is -0.137. The quantitative estimate of drug-likeness (QED) is 0.361. The summed E-state index contributed by atoms with van der Waals surface area (Å²) in [6.45, 7) is 14.8. The highest BCUT2D eigenvalue weighted by Crippen LogP contribution is 2.26. The fourth-order valence-electron chi connectivity index (χ4n) is 3.59. The van der Waals surface area contributed by atoms with E-state index in [1.54, 1.807) is 0 Å². The molecule has 2 rings (SSSR count). The van der Waals surface area contributed by atoms with Gasteiger partial charge in [-0.1, -0.05) is 12.8 Å². The SMILES string of the molecule is CCNC(=NCCN1CCN(C(=O)C2CCCC2)CC1)NC(C)(C)C.I. The Morgan fingerprint density at radius 3 is 2.27 bits per heavy atom. The first-order chi connectivity index (χ1) is 11.9. The average Bonchev–Trinajstić information content (AvgIpc) is 3.08. The lowest BCUT2D eigenvalue weighted by atomic mass is 10.1. The summed E-state index contributed by atoms with van der Waals surface area (Å²) in [5, 5.41) is 6.71. The van der Waals surface area contributed by atoms with E-state index in [0.29, 0.717) is 11.8 Å². The summed E-state index contributed by atoms with van der Waals surface area (Å²) in [6, 6.07) is 0. The minimum absolute atomic E-state index is 0. The maximum absolute atomic E-state index is 12.5. The van der Waals surface area contributed by atoms with Gasteiger partial charge in [-0.25, -0.2) is 0 Å². The Morgan fingerprint density at radius 1 is 1.12 bits per heavy atom. The minimum Gasteiger partial charge on any atom is -0.357 e.